The van der Waals surface area contributed by atoms with Gasteiger partial charge in [-0.15, -0.1) is 0 Å². The molecule has 1 atom stereocenters. The number of amides is 4. The number of anilines is 1. The van der Waals surface area contributed by atoms with Crippen LogP contribution in [-0.2, 0) is 16.0 Å². The summed E-state index contributed by atoms with van der Waals surface area (Å²) in [4.78, 5) is 38.5. The summed E-state index contributed by atoms with van der Waals surface area (Å²) in [6.45, 7) is 8.04. The molecule has 8 nitrogen and oxygen atoms in total. The lowest BCUT2D eigenvalue weighted by Gasteiger charge is -2.13. The average Bonchev–Trinajstić information content (AvgIpc) is 3.11. The third-order valence-corrected chi connectivity index (χ3v) is 5.04. The number of nitrogens with one attached hydrogen (secondary N) is 2. The molecule has 0 spiro atoms. The highest BCUT2D eigenvalue weighted by molar-refractivity contribution is 6.07. The van der Waals surface area contributed by atoms with Crippen LogP contribution in [0.15, 0.2) is 30.3 Å². The Morgan fingerprint density at radius 3 is 2.52 bits per heavy atom. The van der Waals surface area contributed by atoms with Gasteiger partial charge in [0.2, 0.25) is 5.91 Å². The summed E-state index contributed by atoms with van der Waals surface area (Å²) in [5, 5.41) is 9.90. The van der Waals surface area contributed by atoms with Crippen molar-refractivity contribution in [1.29, 1.82) is 0 Å². The van der Waals surface area contributed by atoms with Crippen molar-refractivity contribution in [3.8, 4) is 0 Å². The largest absolute Gasteiger partial charge is 0.325 e. The number of carbonyl (C=O) groups is 3. The van der Waals surface area contributed by atoms with E-state index in [1.807, 2.05) is 62.7 Å². The summed E-state index contributed by atoms with van der Waals surface area (Å²) in [7, 11) is 0. The Kier molecular flexibility index (Phi) is 6.00. The summed E-state index contributed by atoms with van der Waals surface area (Å²) < 4.78 is 1.85. The van der Waals surface area contributed by atoms with E-state index in [0.717, 1.165) is 17.0 Å². The van der Waals surface area contributed by atoms with Gasteiger partial charge in [-0.1, -0.05) is 30.3 Å². The maximum absolute atomic E-state index is 12.6. The second-order valence-corrected chi connectivity index (χ2v) is 7.56. The number of aromatic nitrogens is 2. The Morgan fingerprint density at radius 2 is 1.90 bits per heavy atom. The molecule has 1 fully saturated rings. The number of aryl methyl sites for hydroxylation is 1. The third kappa shape index (κ3) is 4.47. The van der Waals surface area contributed by atoms with E-state index < -0.39 is 12.1 Å². The van der Waals surface area contributed by atoms with Gasteiger partial charge in [0.05, 0.1) is 23.5 Å². The van der Waals surface area contributed by atoms with Crippen molar-refractivity contribution in [2.24, 2.45) is 0 Å². The number of rotatable bonds is 7. The van der Waals surface area contributed by atoms with Crippen molar-refractivity contribution in [2.45, 2.75) is 52.6 Å². The Bertz CT molecular complexity index is 920. The molecule has 3 rings (SSSR count). The van der Waals surface area contributed by atoms with Gasteiger partial charge in [-0.25, -0.2) is 4.79 Å². The van der Waals surface area contributed by atoms with E-state index in [-0.39, 0.29) is 30.8 Å². The highest BCUT2D eigenvalue weighted by Gasteiger charge is 2.38. The minimum Gasteiger partial charge on any atom is -0.325 e. The molecular weight excluding hydrogens is 370 g/mol. The summed E-state index contributed by atoms with van der Waals surface area (Å²) >= 11 is 0. The van der Waals surface area contributed by atoms with E-state index in [1.165, 1.54) is 4.90 Å². The highest BCUT2D eigenvalue weighted by atomic mass is 16.2. The Labute approximate surface area is 170 Å². The molecule has 8 heteroatoms. The van der Waals surface area contributed by atoms with Crippen LogP contribution in [0.4, 0.5) is 10.5 Å². The molecule has 2 aromatic rings. The fourth-order valence-corrected chi connectivity index (χ4v) is 3.54. The van der Waals surface area contributed by atoms with Crippen molar-refractivity contribution in [1.82, 2.24) is 20.0 Å². The molecule has 0 radical (unpaired) electrons. The Morgan fingerprint density at radius 1 is 1.21 bits per heavy atom. The van der Waals surface area contributed by atoms with E-state index in [9.17, 15) is 14.4 Å². The fraction of sp³-hybridized carbons (Fsp3) is 0.429. The normalized spacial score (nSPS) is 16.4. The maximum Gasteiger partial charge on any atom is 0.324 e. The number of nitrogens with zero attached hydrogens (tertiary/aromatic N) is 3. The van der Waals surface area contributed by atoms with Gasteiger partial charge in [0, 0.05) is 12.6 Å². The molecule has 2 heterocycles. The van der Waals surface area contributed by atoms with Crippen molar-refractivity contribution < 1.29 is 14.4 Å². The van der Waals surface area contributed by atoms with Crippen LogP contribution in [0.25, 0.3) is 0 Å². The van der Waals surface area contributed by atoms with Crippen molar-refractivity contribution in [2.75, 3.05) is 11.9 Å². The molecule has 0 saturated carbocycles. The second kappa shape index (κ2) is 8.46. The van der Waals surface area contributed by atoms with Crippen LogP contribution < -0.4 is 10.6 Å². The molecule has 0 bridgehead atoms. The van der Waals surface area contributed by atoms with Crippen LogP contribution in [0.5, 0.6) is 0 Å². The molecule has 1 aromatic carbocycles. The SMILES string of the molecule is Cc1nn(C(C)C)c(C)c1NC(=O)C[C@H]1NC(=O)N(CCc2ccccc2)C1=O. The zero-order valence-electron chi connectivity index (χ0n) is 17.2. The smallest absolute Gasteiger partial charge is 0.324 e. The Hall–Kier alpha value is -3.16. The van der Waals surface area contributed by atoms with E-state index in [2.05, 4.69) is 15.7 Å². The van der Waals surface area contributed by atoms with Gasteiger partial charge >= 0.3 is 6.03 Å². The average molecular weight is 397 g/mol. The van der Waals surface area contributed by atoms with Crippen LogP contribution in [0.2, 0.25) is 0 Å². The lowest BCUT2D eigenvalue weighted by atomic mass is 10.1. The monoisotopic (exact) mass is 397 g/mol. The van der Waals surface area contributed by atoms with Gasteiger partial charge in [-0.2, -0.15) is 5.10 Å². The van der Waals surface area contributed by atoms with E-state index in [4.69, 9.17) is 0 Å². The summed E-state index contributed by atoms with van der Waals surface area (Å²) in [5.74, 6) is -0.699. The van der Waals surface area contributed by atoms with Gasteiger partial charge < -0.3 is 10.6 Å². The van der Waals surface area contributed by atoms with Gasteiger partial charge in [0.25, 0.3) is 5.91 Å². The standard InChI is InChI=1S/C21H27N5O3/c1-13(2)26-15(4)19(14(3)24-26)23-18(27)12-17-20(28)25(21(29)22-17)11-10-16-8-6-5-7-9-16/h5-9,13,17H,10-12H2,1-4H3,(H,22,29)(H,23,27)/t17-/m1/s1. The van der Waals surface area contributed by atoms with E-state index in [1.54, 1.807) is 0 Å². The van der Waals surface area contributed by atoms with Gasteiger partial charge in [0.1, 0.15) is 6.04 Å². The number of urea groups is 1. The fourth-order valence-electron chi connectivity index (χ4n) is 3.54. The lowest BCUT2D eigenvalue weighted by Crippen LogP contribution is -2.35. The molecule has 154 valence electrons. The van der Waals surface area contributed by atoms with Crippen LogP contribution in [0.1, 0.15) is 43.3 Å². The lowest BCUT2D eigenvalue weighted by molar-refractivity contribution is -0.129. The third-order valence-electron chi connectivity index (χ3n) is 5.04. The molecule has 29 heavy (non-hydrogen) atoms. The molecule has 1 aliphatic heterocycles. The first-order valence-electron chi connectivity index (χ1n) is 9.79. The van der Waals surface area contributed by atoms with Crippen molar-refractivity contribution >= 4 is 23.5 Å². The summed E-state index contributed by atoms with van der Waals surface area (Å²) in [6.07, 6.45) is 0.462. The predicted molar refractivity (Wildman–Crippen MR) is 110 cm³/mol. The number of hydrogen-bond acceptors (Lipinski definition) is 4. The number of benzene rings is 1. The van der Waals surface area contributed by atoms with Gasteiger partial charge in [-0.3, -0.25) is 19.2 Å². The maximum atomic E-state index is 12.6. The number of carbonyl (C=O) groups excluding carboxylic acids is 3. The minimum atomic E-state index is -0.848. The Balaban J connectivity index is 1.60. The van der Waals surface area contributed by atoms with Crippen molar-refractivity contribution in [3.63, 3.8) is 0 Å². The summed E-state index contributed by atoms with van der Waals surface area (Å²) in [5.41, 5.74) is 3.27. The zero-order chi connectivity index (χ0) is 21.1. The predicted octanol–water partition coefficient (Wildman–Crippen LogP) is 2.57. The molecule has 0 aliphatic carbocycles. The number of imide groups is 1. The van der Waals surface area contributed by atoms with Gasteiger partial charge in [-0.05, 0) is 39.7 Å². The molecule has 2 N–H and O–H groups in total. The van der Waals surface area contributed by atoms with Crippen molar-refractivity contribution in [3.05, 3.63) is 47.3 Å². The first-order valence-corrected chi connectivity index (χ1v) is 9.79. The second-order valence-electron chi connectivity index (χ2n) is 7.56. The van der Waals surface area contributed by atoms with E-state index in [0.29, 0.717) is 12.1 Å². The zero-order valence-corrected chi connectivity index (χ0v) is 17.2. The first-order chi connectivity index (χ1) is 13.8. The molecular formula is C21H27N5O3. The molecule has 1 aliphatic rings. The number of hydrogen-bond donors (Lipinski definition) is 2. The molecule has 1 aromatic heterocycles. The van der Waals surface area contributed by atoms with E-state index >= 15 is 0 Å². The van der Waals surface area contributed by atoms with Crippen LogP contribution in [-0.4, -0.2) is 45.1 Å². The first kappa shape index (κ1) is 20.6. The molecule has 4 amide bonds. The summed E-state index contributed by atoms with van der Waals surface area (Å²) in [6, 6.07) is 8.52. The van der Waals surface area contributed by atoms with Gasteiger partial charge in [0.15, 0.2) is 0 Å². The topological polar surface area (TPSA) is 96.3 Å². The highest BCUT2D eigenvalue weighted by Crippen LogP contribution is 2.23. The molecule has 1 saturated heterocycles. The van der Waals surface area contributed by atoms with Crippen LogP contribution in [0.3, 0.4) is 0 Å². The van der Waals surface area contributed by atoms with Crippen LogP contribution in [0, 0.1) is 13.8 Å². The quantitative estimate of drug-likeness (QED) is 0.702. The molecule has 0 unspecified atom stereocenters. The van der Waals surface area contributed by atoms with Crippen LogP contribution >= 0.6 is 0 Å². The minimum absolute atomic E-state index is 0.113.